The summed E-state index contributed by atoms with van der Waals surface area (Å²) < 4.78 is 0. The maximum Gasteiger partial charge on any atom is 0.0370 e. The standard InChI is InChI=1S/C57H57N/c1-57(2)33-6-4-3-5-21(33)22-8-7-20(17-34(22)57)58-18-31-32(19-58)36-30-16-14-28-26-12-10-24-23-9-11-25-27-13-15-29-35(31)45-46(36)51-44(30)42(28)49-40(26)38(24)47-37(23)39(25)48-41(27)43(29)50(45)55-53(48)52(47)54(49)56(51)55/h3-9,11,13,15,17,23-32,36-44,46-47,49-52,54-56H,10,12,14,16,18-19H2,1-2H3. The van der Waals surface area contributed by atoms with Crippen molar-refractivity contribution in [1.29, 1.82) is 0 Å². The minimum Gasteiger partial charge on any atom is -0.371 e. The van der Waals surface area contributed by atoms with Crippen LogP contribution in [-0.2, 0) is 5.41 Å². The predicted molar refractivity (Wildman–Crippen MR) is 225 cm³/mol. The van der Waals surface area contributed by atoms with Gasteiger partial charge in [0.25, 0.3) is 0 Å². The van der Waals surface area contributed by atoms with E-state index in [9.17, 15) is 0 Å². The summed E-state index contributed by atoms with van der Waals surface area (Å²) in [5.74, 6) is 27.9. The van der Waals surface area contributed by atoms with Crippen molar-refractivity contribution in [3.8, 4) is 11.1 Å². The fourth-order valence-electron chi connectivity index (χ4n) is 26.3. The van der Waals surface area contributed by atoms with Gasteiger partial charge in [-0.05, 0) is 214 Å². The Kier molecular flexibility index (Phi) is 4.33. The van der Waals surface area contributed by atoms with Crippen LogP contribution >= 0.6 is 0 Å². The molecule has 0 aromatic heterocycles. The van der Waals surface area contributed by atoms with E-state index in [1.807, 2.05) is 0 Å². The second-order valence-corrected chi connectivity index (χ2v) is 25.8. The molecule has 1 heteroatoms. The smallest absolute Gasteiger partial charge is 0.0370 e. The lowest BCUT2D eigenvalue weighted by Gasteiger charge is -2.60. The minimum atomic E-state index is 0.0709. The summed E-state index contributed by atoms with van der Waals surface area (Å²) in [5.41, 5.74) is 16.6. The molecule has 290 valence electrons. The number of rotatable bonds is 1. The Balaban J connectivity index is 0.832. The Bertz CT molecular complexity index is 2600. The van der Waals surface area contributed by atoms with E-state index in [2.05, 4.69) is 108 Å². The van der Waals surface area contributed by atoms with Crippen molar-refractivity contribution < 1.29 is 0 Å². The van der Waals surface area contributed by atoms with Gasteiger partial charge < -0.3 is 4.90 Å². The Morgan fingerprint density at radius 2 is 1.07 bits per heavy atom. The molecule has 2 aromatic carbocycles. The molecule has 58 heavy (non-hydrogen) atoms. The van der Waals surface area contributed by atoms with Gasteiger partial charge in [0.2, 0.25) is 0 Å². The van der Waals surface area contributed by atoms with Crippen molar-refractivity contribution in [2.75, 3.05) is 18.0 Å². The number of benzene rings is 2. The molecule has 0 radical (unpaired) electrons. The molecule has 1 nitrogen and oxygen atoms in total. The number of allylic oxidation sites excluding steroid dienone is 7. The molecular weight excluding hydrogens is 699 g/mol. The number of hydrogen-bond donors (Lipinski definition) is 0. The first-order valence-electron chi connectivity index (χ1n) is 25.4. The van der Waals surface area contributed by atoms with Gasteiger partial charge in [-0.2, -0.15) is 0 Å². The van der Waals surface area contributed by atoms with Crippen molar-refractivity contribution in [2.24, 2.45) is 166 Å². The highest BCUT2D eigenvalue weighted by Crippen LogP contribution is 2.91. The Hall–Kier alpha value is -2.80. The largest absolute Gasteiger partial charge is 0.371 e. The molecule has 1 heterocycles. The van der Waals surface area contributed by atoms with Crippen molar-refractivity contribution in [1.82, 2.24) is 0 Å². The highest BCUT2D eigenvalue weighted by Gasteiger charge is 2.86. The first kappa shape index (κ1) is 29.5. The van der Waals surface area contributed by atoms with Gasteiger partial charge in [0.1, 0.15) is 0 Å². The number of hydrogen-bond acceptors (Lipinski definition) is 1. The van der Waals surface area contributed by atoms with E-state index in [-0.39, 0.29) is 5.41 Å². The molecule has 10 saturated carbocycles. The molecule has 0 bridgehead atoms. The van der Waals surface area contributed by atoms with Gasteiger partial charge in [-0.3, -0.25) is 0 Å². The quantitative estimate of drug-likeness (QED) is 0.262. The van der Waals surface area contributed by atoms with Crippen LogP contribution in [0, 0.1) is 166 Å². The zero-order valence-corrected chi connectivity index (χ0v) is 34.2. The van der Waals surface area contributed by atoms with Crippen LogP contribution in [0.25, 0.3) is 11.1 Å². The second kappa shape index (κ2) is 8.52. The molecule has 1 saturated heterocycles. The minimum absolute atomic E-state index is 0.0709. The Morgan fingerprint density at radius 1 is 0.448 bits per heavy atom. The van der Waals surface area contributed by atoms with Gasteiger partial charge in [-0.15, -0.1) is 0 Å². The lowest BCUT2D eigenvalue weighted by Crippen LogP contribution is -2.57. The third-order valence-electron chi connectivity index (χ3n) is 25.9. The lowest BCUT2D eigenvalue weighted by molar-refractivity contribution is -0.127. The fourth-order valence-corrected chi connectivity index (χ4v) is 26.3. The first-order valence-corrected chi connectivity index (χ1v) is 25.4. The average Bonchev–Trinajstić information content (AvgIpc) is 4.12. The second-order valence-electron chi connectivity index (χ2n) is 25.8. The molecule has 0 spiro atoms. The topological polar surface area (TPSA) is 3.24 Å². The van der Waals surface area contributed by atoms with Crippen LogP contribution < -0.4 is 4.90 Å². The summed E-state index contributed by atoms with van der Waals surface area (Å²) in [4.78, 5) is 3.01. The number of fused-ring (bicyclic) bond motifs is 11. The SMILES string of the molecule is CC1(C)c2ccccc2-c2ccc(N3CC4C5=C6C7C8C9=C%10C%11C(C=CC5C%117)C5C=CC7C%11CCC%12C%13CCC%14C(C4C3)C6C3C%14C%13C4C%12C%11C(C9C4C83)C7C%105)cc21. The van der Waals surface area contributed by atoms with E-state index >= 15 is 0 Å². The summed E-state index contributed by atoms with van der Waals surface area (Å²) >= 11 is 0. The molecule has 1 aliphatic heterocycles. The molecule has 0 amide bonds. The van der Waals surface area contributed by atoms with Crippen molar-refractivity contribution in [3.63, 3.8) is 0 Å². The van der Waals surface area contributed by atoms with Crippen LogP contribution in [0.5, 0.6) is 0 Å². The molecule has 18 aliphatic rings. The molecule has 28 unspecified atom stereocenters. The summed E-state index contributed by atoms with van der Waals surface area (Å²) in [6.07, 6.45) is 18.3. The fraction of sp³-hybridized carbons (Fsp3) is 0.649. The van der Waals surface area contributed by atoms with Gasteiger partial charge in [-0.25, -0.2) is 0 Å². The normalized spacial score (nSPS) is 63.1. The van der Waals surface area contributed by atoms with Crippen molar-refractivity contribution in [2.45, 2.75) is 44.9 Å². The van der Waals surface area contributed by atoms with Crippen molar-refractivity contribution >= 4 is 5.69 Å². The monoisotopic (exact) mass is 755 g/mol. The molecule has 28 atom stereocenters. The van der Waals surface area contributed by atoms with E-state index in [4.69, 9.17) is 0 Å². The van der Waals surface area contributed by atoms with E-state index in [1.54, 1.807) is 36.9 Å². The summed E-state index contributed by atoms with van der Waals surface area (Å²) in [6, 6.07) is 17.1. The first-order chi connectivity index (χ1) is 28.6. The zero-order chi connectivity index (χ0) is 36.5. The summed E-state index contributed by atoms with van der Waals surface area (Å²) in [6.45, 7) is 7.63. The molecule has 20 rings (SSSR count). The average molecular weight is 756 g/mol. The molecule has 17 aliphatic carbocycles. The van der Waals surface area contributed by atoms with E-state index in [0.29, 0.717) is 0 Å². The van der Waals surface area contributed by atoms with Crippen LogP contribution in [0.3, 0.4) is 0 Å². The maximum absolute atomic E-state index is 3.01. The predicted octanol–water partition coefficient (Wildman–Crippen LogP) is 10.6. The van der Waals surface area contributed by atoms with Gasteiger partial charge in [0.15, 0.2) is 0 Å². The number of anilines is 1. The van der Waals surface area contributed by atoms with E-state index < -0.39 is 0 Å². The zero-order valence-electron chi connectivity index (χ0n) is 34.2. The Labute approximate surface area is 344 Å². The highest BCUT2D eigenvalue weighted by molar-refractivity contribution is 5.82. The molecule has 0 N–H and O–H groups in total. The van der Waals surface area contributed by atoms with Gasteiger partial charge >= 0.3 is 0 Å². The van der Waals surface area contributed by atoms with Crippen LogP contribution in [-0.4, -0.2) is 13.1 Å². The van der Waals surface area contributed by atoms with Gasteiger partial charge in [-0.1, -0.05) is 90.8 Å². The third-order valence-corrected chi connectivity index (χ3v) is 25.9. The van der Waals surface area contributed by atoms with Crippen LogP contribution in [0.15, 0.2) is 89.1 Å². The number of nitrogens with zero attached hydrogens (tertiary/aromatic N) is 1. The third kappa shape index (κ3) is 2.49. The van der Waals surface area contributed by atoms with Crippen LogP contribution in [0.1, 0.15) is 50.7 Å². The van der Waals surface area contributed by atoms with E-state index in [1.165, 1.54) is 29.8 Å². The summed E-state index contributed by atoms with van der Waals surface area (Å²) in [5, 5.41) is 0. The molecule has 11 fully saturated rings. The van der Waals surface area contributed by atoms with Gasteiger partial charge in [0.05, 0.1) is 0 Å². The Morgan fingerprint density at radius 3 is 1.97 bits per heavy atom. The lowest BCUT2D eigenvalue weighted by atomic mass is 9.44. The van der Waals surface area contributed by atoms with Gasteiger partial charge in [0, 0.05) is 36.0 Å². The van der Waals surface area contributed by atoms with Crippen molar-refractivity contribution in [3.05, 3.63) is 100 Å². The van der Waals surface area contributed by atoms with Crippen LogP contribution in [0.2, 0.25) is 0 Å². The molecular formula is C57H57N. The maximum atomic E-state index is 3.01. The van der Waals surface area contributed by atoms with E-state index in [0.717, 1.165) is 166 Å². The summed E-state index contributed by atoms with van der Waals surface area (Å²) in [7, 11) is 0. The van der Waals surface area contributed by atoms with Crippen LogP contribution in [0.4, 0.5) is 5.69 Å². The molecule has 2 aromatic rings. The highest BCUT2D eigenvalue weighted by atomic mass is 15.2.